The van der Waals surface area contributed by atoms with Crippen LogP contribution in [0.4, 0.5) is 5.69 Å². The molecule has 0 bridgehead atoms. The Labute approximate surface area is 108 Å². The van der Waals surface area contributed by atoms with E-state index in [1.165, 1.54) is 0 Å². The average Bonchev–Trinajstić information content (AvgIpc) is 2.56. The Hall–Kier alpha value is -1.39. The van der Waals surface area contributed by atoms with E-state index in [1.54, 1.807) is 0 Å². The fourth-order valence-electron chi connectivity index (χ4n) is 2.36. The molecule has 1 heterocycles. The molecule has 0 radical (unpaired) electrons. The molecule has 0 saturated carbocycles. The third-order valence-electron chi connectivity index (χ3n) is 3.37. The summed E-state index contributed by atoms with van der Waals surface area (Å²) in [6.07, 6.45) is 0. The maximum Gasteiger partial charge on any atom is 0.237 e. The molecule has 0 saturated heterocycles. The molecule has 0 spiro atoms. The fraction of sp³-hybridized carbons (Fsp3) is 0.500. The summed E-state index contributed by atoms with van der Waals surface area (Å²) in [6, 6.07) is 7.95. The van der Waals surface area contributed by atoms with Gasteiger partial charge < -0.3 is 15.4 Å². The lowest BCUT2D eigenvalue weighted by atomic mass is 9.86. The van der Waals surface area contributed by atoms with Gasteiger partial charge in [0.15, 0.2) is 0 Å². The van der Waals surface area contributed by atoms with Gasteiger partial charge in [0.2, 0.25) is 5.91 Å². The Bertz CT molecular complexity index is 443. The van der Waals surface area contributed by atoms with Gasteiger partial charge in [-0.25, -0.2) is 0 Å². The summed E-state index contributed by atoms with van der Waals surface area (Å²) < 4.78 is 5.36. The normalized spacial score (nSPS) is 17.1. The number of para-hydroxylation sites is 1. The minimum atomic E-state index is -0.440. The number of nitrogens with two attached hydrogens (primary N) is 1. The van der Waals surface area contributed by atoms with Crippen molar-refractivity contribution in [2.75, 3.05) is 31.2 Å². The number of hydrogen-bond acceptors (Lipinski definition) is 3. The van der Waals surface area contributed by atoms with Crippen LogP contribution in [-0.4, -0.2) is 32.2 Å². The zero-order valence-electron chi connectivity index (χ0n) is 11.0. The van der Waals surface area contributed by atoms with Crippen LogP contribution < -0.4 is 10.6 Å². The molecule has 1 aliphatic rings. The SMILES string of the molecule is CC1(C)C(=O)N(CCOCCN)c2ccccc21. The monoisotopic (exact) mass is 248 g/mol. The Morgan fingerprint density at radius 1 is 1.28 bits per heavy atom. The third kappa shape index (κ3) is 2.13. The van der Waals surface area contributed by atoms with E-state index < -0.39 is 5.41 Å². The molecule has 0 atom stereocenters. The molecule has 18 heavy (non-hydrogen) atoms. The van der Waals surface area contributed by atoms with Crippen molar-refractivity contribution in [1.29, 1.82) is 0 Å². The van der Waals surface area contributed by atoms with Gasteiger partial charge in [0, 0.05) is 18.8 Å². The van der Waals surface area contributed by atoms with Crippen LogP contribution in [0.15, 0.2) is 24.3 Å². The molecule has 4 nitrogen and oxygen atoms in total. The van der Waals surface area contributed by atoms with Gasteiger partial charge in [0.05, 0.1) is 18.6 Å². The van der Waals surface area contributed by atoms with E-state index in [-0.39, 0.29) is 5.91 Å². The number of carbonyl (C=O) groups excluding carboxylic acids is 1. The molecule has 2 rings (SSSR count). The molecule has 1 aliphatic heterocycles. The first kappa shape index (κ1) is 13.1. The van der Waals surface area contributed by atoms with Crippen molar-refractivity contribution in [3.05, 3.63) is 29.8 Å². The van der Waals surface area contributed by atoms with E-state index in [0.29, 0.717) is 26.3 Å². The third-order valence-corrected chi connectivity index (χ3v) is 3.37. The molecule has 0 aliphatic carbocycles. The first-order valence-electron chi connectivity index (χ1n) is 6.28. The maximum atomic E-state index is 12.4. The lowest BCUT2D eigenvalue weighted by molar-refractivity contribution is -0.122. The van der Waals surface area contributed by atoms with Gasteiger partial charge in [-0.3, -0.25) is 4.79 Å². The van der Waals surface area contributed by atoms with Crippen LogP contribution in [0.2, 0.25) is 0 Å². The quantitative estimate of drug-likeness (QED) is 0.799. The highest BCUT2D eigenvalue weighted by Gasteiger charge is 2.43. The Kier molecular flexibility index (Phi) is 3.68. The highest BCUT2D eigenvalue weighted by molar-refractivity contribution is 6.07. The second kappa shape index (κ2) is 5.08. The van der Waals surface area contributed by atoms with Crippen molar-refractivity contribution < 1.29 is 9.53 Å². The first-order valence-corrected chi connectivity index (χ1v) is 6.28. The van der Waals surface area contributed by atoms with Gasteiger partial charge in [-0.15, -0.1) is 0 Å². The van der Waals surface area contributed by atoms with Crippen molar-refractivity contribution in [3.8, 4) is 0 Å². The van der Waals surface area contributed by atoms with Crippen LogP contribution >= 0.6 is 0 Å². The van der Waals surface area contributed by atoms with E-state index in [1.807, 2.05) is 43.0 Å². The molecule has 1 amide bonds. The van der Waals surface area contributed by atoms with Gasteiger partial charge in [-0.2, -0.15) is 0 Å². The summed E-state index contributed by atoms with van der Waals surface area (Å²) in [5.74, 6) is 0.139. The number of rotatable bonds is 5. The largest absolute Gasteiger partial charge is 0.378 e. The minimum Gasteiger partial charge on any atom is -0.378 e. The number of anilines is 1. The number of amides is 1. The first-order chi connectivity index (χ1) is 8.59. The van der Waals surface area contributed by atoms with Crippen LogP contribution in [0.25, 0.3) is 0 Å². The molecular formula is C14H20N2O2. The molecule has 1 aromatic rings. The summed E-state index contributed by atoms with van der Waals surface area (Å²) in [5.41, 5.74) is 7.02. The van der Waals surface area contributed by atoms with Crippen molar-refractivity contribution in [1.82, 2.24) is 0 Å². The smallest absolute Gasteiger partial charge is 0.237 e. The van der Waals surface area contributed by atoms with E-state index in [4.69, 9.17) is 10.5 Å². The molecule has 2 N–H and O–H groups in total. The summed E-state index contributed by atoms with van der Waals surface area (Å²) in [6.45, 7) is 6.08. The maximum absolute atomic E-state index is 12.4. The standard InChI is InChI=1S/C14H20N2O2/c1-14(2)11-5-3-4-6-12(11)16(13(14)17)8-10-18-9-7-15/h3-6H,7-10,15H2,1-2H3. The van der Waals surface area contributed by atoms with Crippen LogP contribution in [-0.2, 0) is 14.9 Å². The number of nitrogens with zero attached hydrogens (tertiary/aromatic N) is 1. The molecule has 0 unspecified atom stereocenters. The highest BCUT2D eigenvalue weighted by Crippen LogP contribution is 2.40. The number of benzene rings is 1. The zero-order valence-corrected chi connectivity index (χ0v) is 11.0. The number of carbonyl (C=O) groups is 1. The van der Waals surface area contributed by atoms with E-state index >= 15 is 0 Å². The Morgan fingerprint density at radius 2 is 2.00 bits per heavy atom. The Balaban J connectivity index is 2.15. The minimum absolute atomic E-state index is 0.139. The van der Waals surface area contributed by atoms with E-state index in [2.05, 4.69) is 0 Å². The van der Waals surface area contributed by atoms with Gasteiger partial charge in [0.25, 0.3) is 0 Å². The van der Waals surface area contributed by atoms with Crippen LogP contribution in [0, 0.1) is 0 Å². The summed E-state index contributed by atoms with van der Waals surface area (Å²) in [5, 5.41) is 0. The zero-order chi connectivity index (χ0) is 13.2. The van der Waals surface area contributed by atoms with Crippen LogP contribution in [0.3, 0.4) is 0 Å². The summed E-state index contributed by atoms with van der Waals surface area (Å²) in [7, 11) is 0. The van der Waals surface area contributed by atoms with Crippen molar-refractivity contribution in [3.63, 3.8) is 0 Å². The van der Waals surface area contributed by atoms with E-state index in [9.17, 15) is 4.79 Å². The molecule has 4 heteroatoms. The summed E-state index contributed by atoms with van der Waals surface area (Å²) in [4.78, 5) is 14.2. The highest BCUT2D eigenvalue weighted by atomic mass is 16.5. The van der Waals surface area contributed by atoms with Crippen LogP contribution in [0.1, 0.15) is 19.4 Å². The average molecular weight is 248 g/mol. The predicted octanol–water partition coefficient (Wildman–Crippen LogP) is 1.29. The van der Waals surface area contributed by atoms with Crippen molar-refractivity contribution in [2.45, 2.75) is 19.3 Å². The van der Waals surface area contributed by atoms with Crippen LogP contribution in [0.5, 0.6) is 0 Å². The number of hydrogen-bond donors (Lipinski definition) is 1. The molecule has 0 fully saturated rings. The molecule has 1 aromatic carbocycles. The van der Waals surface area contributed by atoms with Crippen molar-refractivity contribution in [2.24, 2.45) is 5.73 Å². The lowest BCUT2D eigenvalue weighted by Gasteiger charge is -2.20. The fourth-order valence-corrected chi connectivity index (χ4v) is 2.36. The van der Waals surface area contributed by atoms with Gasteiger partial charge in [-0.05, 0) is 25.5 Å². The molecular weight excluding hydrogens is 228 g/mol. The lowest BCUT2D eigenvalue weighted by Crippen LogP contribution is -2.38. The van der Waals surface area contributed by atoms with Gasteiger partial charge >= 0.3 is 0 Å². The second-order valence-corrected chi connectivity index (χ2v) is 5.00. The molecule has 0 aromatic heterocycles. The number of fused-ring (bicyclic) bond motifs is 1. The summed E-state index contributed by atoms with van der Waals surface area (Å²) >= 11 is 0. The van der Waals surface area contributed by atoms with Crippen molar-refractivity contribution >= 4 is 11.6 Å². The Morgan fingerprint density at radius 3 is 2.72 bits per heavy atom. The number of ether oxygens (including phenoxy) is 1. The topological polar surface area (TPSA) is 55.6 Å². The van der Waals surface area contributed by atoms with E-state index in [0.717, 1.165) is 11.3 Å². The van der Waals surface area contributed by atoms with Gasteiger partial charge in [0.1, 0.15) is 0 Å². The predicted molar refractivity (Wildman–Crippen MR) is 71.7 cm³/mol. The second-order valence-electron chi connectivity index (χ2n) is 5.00. The molecule has 98 valence electrons. The van der Waals surface area contributed by atoms with Gasteiger partial charge in [-0.1, -0.05) is 18.2 Å².